The van der Waals surface area contributed by atoms with Crippen LogP contribution in [0, 0.1) is 6.92 Å². The number of nitrogens with two attached hydrogens (primary N) is 1. The second-order valence-electron chi connectivity index (χ2n) is 4.61. The number of primary sulfonamides is 1. The second-order valence-corrected chi connectivity index (χ2v) is 6.17. The average molecular weight is 334 g/mol. The molecule has 0 unspecified atom stereocenters. The van der Waals surface area contributed by atoms with Crippen LogP contribution >= 0.6 is 0 Å². The number of benzene rings is 1. The Morgan fingerprint density at radius 3 is 2.45 bits per heavy atom. The van der Waals surface area contributed by atoms with Crippen LogP contribution in [0.4, 0.5) is 18.9 Å². The number of halogens is 3. The SMILES string of the molecule is Cc1occc1CNc1ccc(S(N)(=O)=O)cc1C(F)(F)F. The smallest absolute Gasteiger partial charge is 0.418 e. The third-order valence-corrected chi connectivity index (χ3v) is 3.97. The van der Waals surface area contributed by atoms with E-state index in [1.807, 2.05) is 0 Å². The largest absolute Gasteiger partial charge is 0.469 e. The summed E-state index contributed by atoms with van der Waals surface area (Å²) >= 11 is 0. The highest BCUT2D eigenvalue weighted by atomic mass is 32.2. The van der Waals surface area contributed by atoms with Crippen LogP contribution in [0.3, 0.4) is 0 Å². The van der Waals surface area contributed by atoms with Gasteiger partial charge in [0.15, 0.2) is 0 Å². The van der Waals surface area contributed by atoms with Crippen molar-refractivity contribution in [2.45, 2.75) is 24.5 Å². The van der Waals surface area contributed by atoms with E-state index in [9.17, 15) is 21.6 Å². The number of anilines is 1. The summed E-state index contributed by atoms with van der Waals surface area (Å²) in [6, 6.07) is 4.21. The maximum absolute atomic E-state index is 13.1. The van der Waals surface area contributed by atoms with E-state index < -0.39 is 26.7 Å². The number of alkyl halides is 3. The van der Waals surface area contributed by atoms with Gasteiger partial charge in [0, 0.05) is 17.8 Å². The van der Waals surface area contributed by atoms with Crippen molar-refractivity contribution in [1.82, 2.24) is 0 Å². The third kappa shape index (κ3) is 3.60. The first-order valence-electron chi connectivity index (χ1n) is 6.10. The summed E-state index contributed by atoms with van der Waals surface area (Å²) < 4.78 is 66.6. The first-order chi connectivity index (χ1) is 10.1. The molecule has 3 N–H and O–H groups in total. The van der Waals surface area contributed by atoms with Crippen LogP contribution in [0.15, 0.2) is 39.8 Å². The van der Waals surface area contributed by atoms with Gasteiger partial charge in [0.05, 0.1) is 16.7 Å². The Balaban J connectivity index is 2.36. The summed E-state index contributed by atoms with van der Waals surface area (Å²) in [5.41, 5.74) is -0.635. The molecule has 1 aromatic heterocycles. The van der Waals surface area contributed by atoms with Crippen LogP contribution in [-0.2, 0) is 22.7 Å². The summed E-state index contributed by atoms with van der Waals surface area (Å²) in [5, 5.41) is 7.49. The molecule has 1 heterocycles. The lowest BCUT2D eigenvalue weighted by molar-refractivity contribution is -0.137. The molecular weight excluding hydrogens is 321 g/mol. The first-order valence-corrected chi connectivity index (χ1v) is 7.64. The molecule has 0 saturated heterocycles. The molecule has 5 nitrogen and oxygen atoms in total. The number of nitrogens with one attached hydrogen (secondary N) is 1. The minimum Gasteiger partial charge on any atom is -0.469 e. The molecule has 9 heteroatoms. The molecule has 0 aliphatic rings. The molecule has 22 heavy (non-hydrogen) atoms. The van der Waals surface area contributed by atoms with E-state index in [-0.39, 0.29) is 12.2 Å². The Morgan fingerprint density at radius 2 is 1.95 bits per heavy atom. The van der Waals surface area contributed by atoms with Gasteiger partial charge in [-0.1, -0.05) is 0 Å². The summed E-state index contributed by atoms with van der Waals surface area (Å²) in [5.74, 6) is 0.585. The van der Waals surface area contributed by atoms with E-state index in [1.165, 1.54) is 6.26 Å². The van der Waals surface area contributed by atoms with E-state index in [2.05, 4.69) is 5.32 Å². The molecular formula is C13H13F3N2O3S. The zero-order valence-electron chi connectivity index (χ0n) is 11.4. The van der Waals surface area contributed by atoms with Crippen molar-refractivity contribution in [3.8, 4) is 0 Å². The van der Waals surface area contributed by atoms with Gasteiger partial charge in [-0.15, -0.1) is 0 Å². The van der Waals surface area contributed by atoms with E-state index in [1.54, 1.807) is 13.0 Å². The third-order valence-electron chi connectivity index (χ3n) is 3.06. The molecule has 0 radical (unpaired) electrons. The normalized spacial score (nSPS) is 12.4. The molecule has 0 bridgehead atoms. The fourth-order valence-corrected chi connectivity index (χ4v) is 2.41. The highest BCUT2D eigenvalue weighted by molar-refractivity contribution is 7.89. The number of hydrogen-bond acceptors (Lipinski definition) is 4. The Morgan fingerprint density at radius 1 is 1.27 bits per heavy atom. The van der Waals surface area contributed by atoms with Gasteiger partial charge in [0.1, 0.15) is 5.76 Å². The predicted octanol–water partition coefficient (Wildman–Crippen LogP) is 2.87. The van der Waals surface area contributed by atoms with Gasteiger partial charge >= 0.3 is 6.18 Å². The number of furan rings is 1. The minimum absolute atomic E-state index is 0.111. The zero-order chi connectivity index (χ0) is 16.5. The Labute approximate surface area is 125 Å². The van der Waals surface area contributed by atoms with Gasteiger partial charge in [-0.3, -0.25) is 0 Å². The molecule has 0 aliphatic heterocycles. The molecule has 0 saturated carbocycles. The van der Waals surface area contributed by atoms with Gasteiger partial charge in [-0.25, -0.2) is 13.6 Å². The van der Waals surface area contributed by atoms with Crippen molar-refractivity contribution in [1.29, 1.82) is 0 Å². The topological polar surface area (TPSA) is 85.3 Å². The molecule has 1 aromatic carbocycles. The quantitative estimate of drug-likeness (QED) is 0.900. The fraction of sp³-hybridized carbons (Fsp3) is 0.231. The van der Waals surface area contributed by atoms with Crippen LogP contribution < -0.4 is 10.5 Å². The molecule has 0 spiro atoms. The van der Waals surface area contributed by atoms with Gasteiger partial charge in [0.25, 0.3) is 0 Å². The molecule has 2 aromatic rings. The number of hydrogen-bond donors (Lipinski definition) is 2. The lowest BCUT2D eigenvalue weighted by atomic mass is 10.1. The molecule has 2 rings (SSSR count). The van der Waals surface area contributed by atoms with Crippen molar-refractivity contribution in [2.75, 3.05) is 5.32 Å². The van der Waals surface area contributed by atoms with Crippen molar-refractivity contribution < 1.29 is 26.0 Å². The second kappa shape index (κ2) is 5.65. The summed E-state index contributed by atoms with van der Waals surface area (Å²) in [6.07, 6.45) is -3.28. The lowest BCUT2D eigenvalue weighted by Gasteiger charge is -2.15. The Kier molecular flexibility index (Phi) is 4.21. The molecule has 0 fully saturated rings. The van der Waals surface area contributed by atoms with Crippen LogP contribution in [0.5, 0.6) is 0 Å². The van der Waals surface area contributed by atoms with Crippen LogP contribution in [0.25, 0.3) is 0 Å². The maximum Gasteiger partial charge on any atom is 0.418 e. The minimum atomic E-state index is -4.71. The van der Waals surface area contributed by atoms with E-state index in [0.29, 0.717) is 17.4 Å². The summed E-state index contributed by atoms with van der Waals surface area (Å²) in [4.78, 5) is -0.593. The monoisotopic (exact) mass is 334 g/mol. The van der Waals surface area contributed by atoms with Crippen LogP contribution in [0.2, 0.25) is 0 Å². The van der Waals surface area contributed by atoms with E-state index >= 15 is 0 Å². The van der Waals surface area contributed by atoms with Crippen molar-refractivity contribution in [3.05, 3.63) is 47.4 Å². The van der Waals surface area contributed by atoms with Crippen molar-refractivity contribution in [3.63, 3.8) is 0 Å². The molecule has 0 aliphatic carbocycles. The van der Waals surface area contributed by atoms with Gasteiger partial charge in [0.2, 0.25) is 10.0 Å². The highest BCUT2D eigenvalue weighted by Crippen LogP contribution is 2.36. The molecule has 0 amide bonds. The highest BCUT2D eigenvalue weighted by Gasteiger charge is 2.34. The lowest BCUT2D eigenvalue weighted by Crippen LogP contribution is -2.16. The summed E-state index contributed by atoms with van der Waals surface area (Å²) in [7, 11) is -4.21. The van der Waals surface area contributed by atoms with Crippen molar-refractivity contribution in [2.24, 2.45) is 5.14 Å². The van der Waals surface area contributed by atoms with Crippen molar-refractivity contribution >= 4 is 15.7 Å². The van der Waals surface area contributed by atoms with E-state index in [4.69, 9.17) is 9.56 Å². The maximum atomic E-state index is 13.1. The van der Waals surface area contributed by atoms with Gasteiger partial charge in [-0.05, 0) is 31.2 Å². The number of sulfonamides is 1. The number of aryl methyl sites for hydroxylation is 1. The fourth-order valence-electron chi connectivity index (χ4n) is 1.87. The molecule has 0 atom stereocenters. The average Bonchev–Trinajstić information content (AvgIpc) is 2.79. The standard InChI is InChI=1S/C13H13F3N2O3S/c1-8-9(4-5-21-8)7-18-12-3-2-10(22(17,19)20)6-11(12)13(14,15)16/h2-6,18H,7H2,1H3,(H2,17,19,20). The van der Waals surface area contributed by atoms with Crippen LogP contribution in [0.1, 0.15) is 16.9 Å². The zero-order valence-corrected chi connectivity index (χ0v) is 12.3. The number of rotatable bonds is 4. The Hall–Kier alpha value is -2.00. The predicted molar refractivity (Wildman–Crippen MR) is 73.6 cm³/mol. The molecule has 120 valence electrons. The van der Waals surface area contributed by atoms with Gasteiger partial charge < -0.3 is 9.73 Å². The summed E-state index contributed by atoms with van der Waals surface area (Å²) in [6.45, 7) is 1.80. The van der Waals surface area contributed by atoms with Crippen LogP contribution in [-0.4, -0.2) is 8.42 Å². The van der Waals surface area contributed by atoms with E-state index in [0.717, 1.165) is 12.1 Å². The van der Waals surface area contributed by atoms with Gasteiger partial charge in [-0.2, -0.15) is 13.2 Å². The first kappa shape index (κ1) is 16.4. The Bertz CT molecular complexity index is 782.